The fourth-order valence-electron chi connectivity index (χ4n) is 0.805. The van der Waals surface area contributed by atoms with Gasteiger partial charge in [0.25, 0.3) is 5.56 Å². The van der Waals surface area contributed by atoms with Crippen molar-refractivity contribution in [2.45, 2.75) is 0 Å². The third-order valence-electron chi connectivity index (χ3n) is 1.45. The quantitative estimate of drug-likeness (QED) is 0.633. The maximum atomic E-state index is 10.6. The van der Waals surface area contributed by atoms with Gasteiger partial charge in [0.2, 0.25) is 0 Å². The van der Waals surface area contributed by atoms with Crippen LogP contribution in [0.2, 0.25) is 0 Å². The van der Waals surface area contributed by atoms with E-state index in [2.05, 4.69) is 15.0 Å². The third kappa shape index (κ3) is 3.47. The van der Waals surface area contributed by atoms with Crippen LogP contribution in [0.5, 0.6) is 0 Å². The van der Waals surface area contributed by atoms with Crippen molar-refractivity contribution in [3.05, 3.63) is 53.0 Å². The van der Waals surface area contributed by atoms with Crippen molar-refractivity contribution in [2.24, 2.45) is 0 Å². The number of rotatable bonds is 1. The Kier molecular flexibility index (Phi) is 3.84. The van der Waals surface area contributed by atoms with Crippen LogP contribution in [0.3, 0.4) is 0 Å². The van der Waals surface area contributed by atoms with Crippen LogP contribution in [0.25, 0.3) is 0 Å². The first-order chi connectivity index (χ1) is 7.22. The first-order valence-electron chi connectivity index (χ1n) is 4.05. The van der Waals surface area contributed by atoms with E-state index in [1.807, 2.05) is 0 Å². The molecule has 0 radical (unpaired) electrons. The molecule has 0 bridgehead atoms. The van der Waals surface area contributed by atoms with Crippen LogP contribution in [0.4, 0.5) is 0 Å². The minimum absolute atomic E-state index is 0.234. The van der Waals surface area contributed by atoms with Crippen molar-refractivity contribution >= 4 is 5.97 Å². The highest BCUT2D eigenvalue weighted by molar-refractivity contribution is 5.86. The van der Waals surface area contributed by atoms with Crippen LogP contribution < -0.4 is 5.56 Å². The van der Waals surface area contributed by atoms with Crippen molar-refractivity contribution < 1.29 is 9.90 Å². The number of aromatic carboxylic acids is 1. The molecule has 0 aliphatic carbocycles. The highest BCUT2D eigenvalue weighted by Crippen LogP contribution is 1.86. The lowest BCUT2D eigenvalue weighted by atomic mass is 10.3. The van der Waals surface area contributed by atoms with Crippen molar-refractivity contribution in [2.75, 3.05) is 0 Å². The molecule has 0 saturated heterocycles. The molecule has 0 aliphatic rings. The lowest BCUT2D eigenvalue weighted by Gasteiger charge is -1.88. The molecule has 15 heavy (non-hydrogen) atoms. The summed E-state index contributed by atoms with van der Waals surface area (Å²) in [5, 5.41) is 8.35. The summed E-state index contributed by atoms with van der Waals surface area (Å²) in [6.07, 6.45) is 6.47. The third-order valence-corrected chi connectivity index (χ3v) is 1.45. The molecule has 0 aromatic carbocycles. The Balaban J connectivity index is 0.000000187. The van der Waals surface area contributed by atoms with Crippen molar-refractivity contribution in [1.82, 2.24) is 15.0 Å². The van der Waals surface area contributed by atoms with E-state index >= 15 is 0 Å². The monoisotopic (exact) mass is 207 g/mol. The van der Waals surface area contributed by atoms with E-state index in [0.29, 0.717) is 0 Å². The molecule has 2 rings (SSSR count). The molecular formula is C9H9N3O3. The summed E-state index contributed by atoms with van der Waals surface area (Å²) in [5.41, 5.74) is -0.808. The van der Waals surface area contributed by atoms with Crippen LogP contribution in [-0.4, -0.2) is 26.0 Å². The van der Waals surface area contributed by atoms with Crippen LogP contribution in [0, 0.1) is 0 Å². The zero-order chi connectivity index (χ0) is 11.1. The molecule has 2 aromatic rings. The number of carboxylic acid groups (broad SMARTS) is 1. The van der Waals surface area contributed by atoms with Gasteiger partial charge >= 0.3 is 5.97 Å². The minimum Gasteiger partial charge on any atom is -0.477 e. The van der Waals surface area contributed by atoms with Crippen LogP contribution in [-0.2, 0) is 0 Å². The topological polar surface area (TPSA) is 98.8 Å². The van der Waals surface area contributed by atoms with Gasteiger partial charge in [0.15, 0.2) is 0 Å². The van der Waals surface area contributed by atoms with Gasteiger partial charge in [0, 0.05) is 18.6 Å². The number of carbonyl (C=O) groups is 1. The number of pyridine rings is 1. The number of hydrogen-bond donors (Lipinski definition) is 3. The Labute approximate surface area is 84.6 Å². The van der Waals surface area contributed by atoms with Crippen molar-refractivity contribution in [3.8, 4) is 0 Å². The molecule has 0 atom stereocenters. The van der Waals surface area contributed by atoms with Crippen molar-refractivity contribution in [3.63, 3.8) is 0 Å². The van der Waals surface area contributed by atoms with E-state index in [-0.39, 0.29) is 5.56 Å². The van der Waals surface area contributed by atoms with Gasteiger partial charge in [-0.05, 0) is 12.1 Å². The average Bonchev–Trinajstić information content (AvgIpc) is 2.75. The van der Waals surface area contributed by atoms with Crippen LogP contribution >= 0.6 is 0 Å². The molecule has 78 valence electrons. The minimum atomic E-state index is -1.21. The van der Waals surface area contributed by atoms with Crippen LogP contribution in [0.15, 0.2) is 41.8 Å². The molecule has 2 aromatic heterocycles. The summed E-state index contributed by atoms with van der Waals surface area (Å²) in [7, 11) is 0. The zero-order valence-electron chi connectivity index (χ0n) is 7.68. The van der Waals surface area contributed by atoms with E-state index < -0.39 is 11.5 Å². The summed E-state index contributed by atoms with van der Waals surface area (Å²) in [4.78, 5) is 29.5. The Morgan fingerprint density at radius 3 is 2.53 bits per heavy atom. The van der Waals surface area contributed by atoms with Crippen LogP contribution in [0.1, 0.15) is 10.4 Å². The summed E-state index contributed by atoms with van der Waals surface area (Å²) >= 11 is 0. The number of imidazole rings is 1. The van der Waals surface area contributed by atoms with E-state index in [4.69, 9.17) is 5.11 Å². The molecule has 0 fully saturated rings. The molecule has 0 saturated carbocycles. The van der Waals surface area contributed by atoms with Gasteiger partial charge in [-0.25, -0.2) is 9.78 Å². The largest absolute Gasteiger partial charge is 0.477 e. The number of aromatic nitrogens is 3. The Morgan fingerprint density at radius 2 is 2.20 bits per heavy atom. The smallest absolute Gasteiger partial charge is 0.341 e. The maximum Gasteiger partial charge on any atom is 0.341 e. The number of H-pyrrole nitrogens is 2. The molecule has 2 heterocycles. The second kappa shape index (κ2) is 5.38. The number of nitrogens with one attached hydrogen (secondary N) is 2. The lowest BCUT2D eigenvalue weighted by molar-refractivity contribution is 0.0695. The second-order valence-electron chi connectivity index (χ2n) is 2.48. The molecular weight excluding hydrogens is 198 g/mol. The van der Waals surface area contributed by atoms with Gasteiger partial charge in [0.05, 0.1) is 6.33 Å². The summed E-state index contributed by atoms with van der Waals surface area (Å²) in [6.45, 7) is 0. The zero-order valence-corrected chi connectivity index (χ0v) is 7.68. The predicted molar refractivity (Wildman–Crippen MR) is 52.6 cm³/mol. The van der Waals surface area contributed by atoms with Gasteiger partial charge in [-0.3, -0.25) is 4.79 Å². The molecule has 0 spiro atoms. The summed E-state index contributed by atoms with van der Waals surface area (Å²) in [5.74, 6) is -1.21. The molecule has 0 aliphatic heterocycles. The average molecular weight is 207 g/mol. The number of nitrogens with zero attached hydrogens (tertiary/aromatic N) is 1. The fourth-order valence-corrected chi connectivity index (χ4v) is 0.805. The van der Waals surface area contributed by atoms with E-state index in [1.54, 1.807) is 18.7 Å². The Bertz CT molecular complexity index is 444. The maximum absolute atomic E-state index is 10.6. The van der Waals surface area contributed by atoms with Gasteiger partial charge in [-0.15, -0.1) is 0 Å². The van der Waals surface area contributed by atoms with E-state index in [0.717, 1.165) is 0 Å². The molecule has 6 nitrogen and oxygen atoms in total. The van der Waals surface area contributed by atoms with E-state index in [1.165, 1.54) is 18.3 Å². The molecule has 6 heteroatoms. The molecule has 0 amide bonds. The fraction of sp³-hybridized carbons (Fsp3) is 0. The Hall–Kier alpha value is -2.37. The molecule has 3 N–H and O–H groups in total. The summed E-state index contributed by atoms with van der Waals surface area (Å²) < 4.78 is 0. The Morgan fingerprint density at radius 1 is 1.40 bits per heavy atom. The van der Waals surface area contributed by atoms with Gasteiger partial charge in [-0.2, -0.15) is 0 Å². The summed E-state index contributed by atoms with van der Waals surface area (Å²) in [6, 6.07) is 2.71. The number of aromatic amines is 2. The first-order valence-corrected chi connectivity index (χ1v) is 4.05. The van der Waals surface area contributed by atoms with Gasteiger partial charge in [0.1, 0.15) is 5.56 Å². The highest BCUT2D eigenvalue weighted by Gasteiger charge is 2.04. The second-order valence-corrected chi connectivity index (χ2v) is 2.48. The van der Waals surface area contributed by atoms with Crippen molar-refractivity contribution in [1.29, 1.82) is 0 Å². The number of carboxylic acids is 1. The number of hydrogen-bond acceptors (Lipinski definition) is 3. The first kappa shape index (κ1) is 10.7. The SMILES string of the molecule is O=C(O)c1ccc[nH]c1=O.c1c[nH]cn1. The van der Waals surface area contributed by atoms with Gasteiger partial charge < -0.3 is 15.1 Å². The highest BCUT2D eigenvalue weighted by atomic mass is 16.4. The standard InChI is InChI=1S/C6H5NO3.C3H4N2/c8-5-4(6(9)10)2-1-3-7-5;1-2-5-3-4-1/h1-3H,(H,7,8)(H,9,10);1-3H,(H,4,5). The molecule has 0 unspecified atom stereocenters. The van der Waals surface area contributed by atoms with Gasteiger partial charge in [-0.1, -0.05) is 0 Å². The lowest BCUT2D eigenvalue weighted by Crippen LogP contribution is -2.15. The van der Waals surface area contributed by atoms with E-state index in [9.17, 15) is 9.59 Å². The predicted octanol–water partition coefficient (Wildman–Crippen LogP) is 0.483. The normalized spacial score (nSPS) is 8.80.